The van der Waals surface area contributed by atoms with Crippen molar-refractivity contribution in [2.24, 2.45) is 0 Å². The van der Waals surface area contributed by atoms with Crippen LogP contribution in [0, 0.1) is 0 Å². The van der Waals surface area contributed by atoms with Crippen LogP contribution in [0.25, 0.3) is 34.3 Å². The van der Waals surface area contributed by atoms with Gasteiger partial charge in [-0.2, -0.15) is 5.10 Å². The maximum absolute atomic E-state index is 9.44. The molecular weight excluding hydrogens is 296 g/mol. The summed E-state index contributed by atoms with van der Waals surface area (Å²) in [5, 5.41) is 15.0. The standard InChI is InChI=1S/C21H16N2O/c24-20-10-8-17(9-11-20)18-6-7-19-15-22-23(21(19)14-18)13-12-16-4-2-1-3-5-16/h1-15,24H. The molecule has 1 N–H and O–H groups in total. The Bertz CT molecular complexity index is 999. The van der Waals surface area contributed by atoms with Gasteiger partial charge in [0.1, 0.15) is 5.75 Å². The average Bonchev–Trinajstić information content (AvgIpc) is 3.04. The van der Waals surface area contributed by atoms with Gasteiger partial charge in [-0.3, -0.25) is 0 Å². The highest BCUT2D eigenvalue weighted by molar-refractivity contribution is 5.86. The third kappa shape index (κ3) is 2.79. The van der Waals surface area contributed by atoms with E-state index in [-0.39, 0.29) is 5.75 Å². The molecule has 0 aliphatic heterocycles. The fourth-order valence-corrected chi connectivity index (χ4v) is 2.71. The van der Waals surface area contributed by atoms with Gasteiger partial charge in [0.25, 0.3) is 0 Å². The van der Waals surface area contributed by atoms with Crippen molar-refractivity contribution in [1.82, 2.24) is 9.78 Å². The Morgan fingerprint density at radius 1 is 0.833 bits per heavy atom. The summed E-state index contributed by atoms with van der Waals surface area (Å²) in [4.78, 5) is 0. The number of aromatic hydroxyl groups is 1. The summed E-state index contributed by atoms with van der Waals surface area (Å²) >= 11 is 0. The number of fused-ring (bicyclic) bond motifs is 1. The highest BCUT2D eigenvalue weighted by atomic mass is 16.3. The van der Waals surface area contributed by atoms with E-state index in [9.17, 15) is 5.11 Å². The zero-order valence-corrected chi connectivity index (χ0v) is 13.0. The molecule has 0 radical (unpaired) electrons. The Balaban J connectivity index is 1.73. The fourth-order valence-electron chi connectivity index (χ4n) is 2.71. The predicted octanol–water partition coefficient (Wildman–Crippen LogP) is 5.04. The lowest BCUT2D eigenvalue weighted by Gasteiger charge is -2.03. The maximum atomic E-state index is 9.44. The molecule has 1 aromatic heterocycles. The first-order valence-electron chi connectivity index (χ1n) is 7.79. The van der Waals surface area contributed by atoms with Gasteiger partial charge in [0, 0.05) is 11.6 Å². The largest absolute Gasteiger partial charge is 0.508 e. The molecule has 3 nitrogen and oxygen atoms in total. The summed E-state index contributed by atoms with van der Waals surface area (Å²) in [5.74, 6) is 0.274. The Hall–Kier alpha value is -3.33. The van der Waals surface area contributed by atoms with Crippen molar-refractivity contribution in [2.75, 3.05) is 0 Å². The molecule has 0 bridgehead atoms. The maximum Gasteiger partial charge on any atom is 0.115 e. The number of hydrogen-bond donors (Lipinski definition) is 1. The van der Waals surface area contributed by atoms with Gasteiger partial charge in [-0.15, -0.1) is 0 Å². The van der Waals surface area contributed by atoms with Crippen molar-refractivity contribution < 1.29 is 5.11 Å². The molecule has 0 atom stereocenters. The Morgan fingerprint density at radius 2 is 1.58 bits per heavy atom. The van der Waals surface area contributed by atoms with Crippen molar-refractivity contribution in [3.05, 3.63) is 84.6 Å². The highest BCUT2D eigenvalue weighted by Gasteiger charge is 2.04. The second kappa shape index (κ2) is 6.05. The van der Waals surface area contributed by atoms with E-state index in [4.69, 9.17) is 0 Å². The van der Waals surface area contributed by atoms with E-state index < -0.39 is 0 Å². The molecule has 116 valence electrons. The minimum atomic E-state index is 0.274. The van der Waals surface area contributed by atoms with Crippen LogP contribution in [0.3, 0.4) is 0 Å². The molecule has 3 heteroatoms. The normalized spacial score (nSPS) is 11.3. The van der Waals surface area contributed by atoms with Gasteiger partial charge in [0.05, 0.1) is 11.7 Å². The molecule has 0 unspecified atom stereocenters. The number of aromatic nitrogens is 2. The highest BCUT2D eigenvalue weighted by Crippen LogP contribution is 2.26. The van der Waals surface area contributed by atoms with E-state index in [0.717, 1.165) is 27.6 Å². The van der Waals surface area contributed by atoms with E-state index in [1.807, 2.05) is 53.5 Å². The molecule has 0 aliphatic rings. The van der Waals surface area contributed by atoms with Gasteiger partial charge in [-0.05, 0) is 41.0 Å². The van der Waals surface area contributed by atoms with Crippen LogP contribution in [-0.4, -0.2) is 14.9 Å². The number of nitrogens with zero attached hydrogens (tertiary/aromatic N) is 2. The van der Waals surface area contributed by atoms with Crippen LogP contribution in [-0.2, 0) is 0 Å². The molecule has 4 aromatic rings. The van der Waals surface area contributed by atoms with Gasteiger partial charge in [0.2, 0.25) is 0 Å². The average molecular weight is 312 g/mol. The lowest BCUT2D eigenvalue weighted by molar-refractivity contribution is 0.475. The summed E-state index contributed by atoms with van der Waals surface area (Å²) < 4.78 is 1.88. The lowest BCUT2D eigenvalue weighted by Crippen LogP contribution is -1.88. The van der Waals surface area contributed by atoms with E-state index >= 15 is 0 Å². The first-order chi connectivity index (χ1) is 11.8. The summed E-state index contributed by atoms with van der Waals surface area (Å²) in [7, 11) is 0. The van der Waals surface area contributed by atoms with Gasteiger partial charge in [-0.1, -0.05) is 54.6 Å². The molecule has 0 saturated heterocycles. The number of rotatable bonds is 3. The lowest BCUT2D eigenvalue weighted by atomic mass is 10.0. The monoisotopic (exact) mass is 312 g/mol. The van der Waals surface area contributed by atoms with Crippen molar-refractivity contribution in [2.45, 2.75) is 0 Å². The Morgan fingerprint density at radius 3 is 2.38 bits per heavy atom. The van der Waals surface area contributed by atoms with Gasteiger partial charge >= 0.3 is 0 Å². The van der Waals surface area contributed by atoms with Crippen LogP contribution < -0.4 is 0 Å². The summed E-state index contributed by atoms with van der Waals surface area (Å²) in [6.45, 7) is 0. The van der Waals surface area contributed by atoms with Crippen LogP contribution in [0.2, 0.25) is 0 Å². The van der Waals surface area contributed by atoms with Crippen molar-refractivity contribution in [3.63, 3.8) is 0 Å². The van der Waals surface area contributed by atoms with Crippen LogP contribution >= 0.6 is 0 Å². The quantitative estimate of drug-likeness (QED) is 0.575. The van der Waals surface area contributed by atoms with Crippen molar-refractivity contribution in [1.29, 1.82) is 0 Å². The van der Waals surface area contributed by atoms with Crippen LogP contribution in [0.15, 0.2) is 79.0 Å². The molecule has 0 aliphatic carbocycles. The van der Waals surface area contributed by atoms with Crippen molar-refractivity contribution >= 4 is 23.2 Å². The fraction of sp³-hybridized carbons (Fsp3) is 0. The third-order valence-corrected chi connectivity index (χ3v) is 4.01. The van der Waals surface area contributed by atoms with E-state index in [1.54, 1.807) is 12.1 Å². The second-order valence-electron chi connectivity index (χ2n) is 5.64. The molecular formula is C21H16N2O. The second-order valence-corrected chi connectivity index (χ2v) is 5.64. The SMILES string of the molecule is Oc1ccc(-c2ccc3cnn(C=Cc4ccccc4)c3c2)cc1. The smallest absolute Gasteiger partial charge is 0.115 e. The molecule has 24 heavy (non-hydrogen) atoms. The molecule has 0 spiro atoms. The number of phenolic OH excluding ortho intramolecular Hbond substituents is 1. The number of hydrogen-bond acceptors (Lipinski definition) is 2. The minimum Gasteiger partial charge on any atom is -0.508 e. The number of benzene rings is 3. The Labute approximate surface area is 140 Å². The van der Waals surface area contributed by atoms with Gasteiger partial charge in [-0.25, -0.2) is 4.68 Å². The van der Waals surface area contributed by atoms with E-state index in [2.05, 4.69) is 35.4 Å². The van der Waals surface area contributed by atoms with E-state index in [0.29, 0.717) is 0 Å². The molecule has 3 aromatic carbocycles. The summed E-state index contributed by atoms with van der Waals surface area (Å²) in [5.41, 5.74) is 4.34. The van der Waals surface area contributed by atoms with Gasteiger partial charge in [0.15, 0.2) is 0 Å². The predicted molar refractivity (Wildman–Crippen MR) is 98.5 cm³/mol. The zero-order chi connectivity index (χ0) is 16.4. The van der Waals surface area contributed by atoms with Crippen LogP contribution in [0.5, 0.6) is 5.75 Å². The van der Waals surface area contributed by atoms with Crippen LogP contribution in [0.4, 0.5) is 0 Å². The summed E-state index contributed by atoms with van der Waals surface area (Å²) in [6.07, 6.45) is 5.88. The van der Waals surface area contributed by atoms with E-state index in [1.165, 1.54) is 0 Å². The zero-order valence-electron chi connectivity index (χ0n) is 13.0. The topological polar surface area (TPSA) is 38.1 Å². The summed E-state index contributed by atoms with van der Waals surface area (Å²) in [6, 6.07) is 23.6. The molecule has 4 rings (SSSR count). The molecule has 1 heterocycles. The molecule has 0 amide bonds. The molecule has 0 saturated carbocycles. The first kappa shape index (κ1) is 14.3. The number of phenols is 1. The third-order valence-electron chi connectivity index (χ3n) is 4.01. The first-order valence-corrected chi connectivity index (χ1v) is 7.79. The Kier molecular flexibility index (Phi) is 3.60. The van der Waals surface area contributed by atoms with Crippen molar-refractivity contribution in [3.8, 4) is 16.9 Å². The molecule has 0 fully saturated rings. The van der Waals surface area contributed by atoms with Crippen LogP contribution in [0.1, 0.15) is 5.56 Å². The van der Waals surface area contributed by atoms with Gasteiger partial charge < -0.3 is 5.11 Å². The minimum absolute atomic E-state index is 0.274.